The third kappa shape index (κ3) is 7.99. The largest absolute Gasteiger partial charge is 0.457 e. The van der Waals surface area contributed by atoms with Crippen molar-refractivity contribution in [2.75, 3.05) is 16.5 Å². The second-order valence-electron chi connectivity index (χ2n) is 22.0. The van der Waals surface area contributed by atoms with Crippen molar-refractivity contribution in [3.05, 3.63) is 229 Å². The van der Waals surface area contributed by atoms with E-state index >= 15 is 0 Å². The lowest BCUT2D eigenvalue weighted by molar-refractivity contribution is 0.483. The molecular weight excluding hydrogens is 929 g/mol. The molecule has 4 heterocycles. The van der Waals surface area contributed by atoms with Crippen LogP contribution in [0.15, 0.2) is 217 Å². The quantitative estimate of drug-likeness (QED) is 0.137. The van der Waals surface area contributed by atoms with E-state index in [0.29, 0.717) is 18.5 Å². The van der Waals surface area contributed by atoms with E-state index in [0.717, 1.165) is 83.7 Å². The molecule has 0 radical (unpaired) electrons. The Morgan fingerprint density at radius 1 is 0.513 bits per heavy atom. The van der Waals surface area contributed by atoms with Crippen LogP contribution in [0.4, 0.5) is 22.7 Å². The van der Waals surface area contributed by atoms with Crippen molar-refractivity contribution in [3.63, 3.8) is 0 Å². The molecule has 0 amide bonds. The van der Waals surface area contributed by atoms with E-state index in [1.165, 1.54) is 50.2 Å². The normalized spacial score (nSPS) is 12.8. The minimum Gasteiger partial charge on any atom is -0.457 e. The second-order valence-corrected chi connectivity index (χ2v) is 22.0. The van der Waals surface area contributed by atoms with Crippen LogP contribution in [0, 0.1) is 0 Å². The highest BCUT2D eigenvalue weighted by molar-refractivity contribution is 6.24. The average molecular weight is 989 g/mol. The van der Waals surface area contributed by atoms with Gasteiger partial charge in [0, 0.05) is 51.3 Å². The molecule has 6 heteroatoms. The first-order valence-corrected chi connectivity index (χ1v) is 26.7. The van der Waals surface area contributed by atoms with Crippen LogP contribution in [0.2, 0.25) is 0 Å². The van der Waals surface area contributed by atoms with Gasteiger partial charge in [-0.05, 0) is 123 Å². The van der Waals surface area contributed by atoms with Gasteiger partial charge in [-0.2, -0.15) is 0 Å². The molecule has 12 aromatic rings. The second kappa shape index (κ2) is 18.5. The Balaban J connectivity index is 1.00. The van der Waals surface area contributed by atoms with Crippen LogP contribution < -0.4 is 14.5 Å². The van der Waals surface area contributed by atoms with Crippen LogP contribution in [0.1, 0.15) is 77.0 Å². The maximum absolute atomic E-state index is 7.31. The summed E-state index contributed by atoms with van der Waals surface area (Å²) in [5.74, 6) is 2.91. The van der Waals surface area contributed by atoms with Crippen molar-refractivity contribution in [2.24, 2.45) is 0 Å². The van der Waals surface area contributed by atoms with Gasteiger partial charge >= 0.3 is 0 Å². The number of rotatable bonds is 10. The molecule has 0 atom stereocenters. The monoisotopic (exact) mass is 988 g/mol. The van der Waals surface area contributed by atoms with Gasteiger partial charge in [-0.25, -0.2) is 4.98 Å². The number of nitrogens with zero attached hydrogens (tertiary/aromatic N) is 4. The van der Waals surface area contributed by atoms with Gasteiger partial charge in [0.1, 0.15) is 35.2 Å². The van der Waals surface area contributed by atoms with E-state index in [2.05, 4.69) is 263 Å². The van der Waals surface area contributed by atoms with Gasteiger partial charge in [0.05, 0.1) is 33.5 Å². The zero-order valence-corrected chi connectivity index (χ0v) is 44.2. The fourth-order valence-corrected chi connectivity index (χ4v) is 11.7. The fourth-order valence-electron chi connectivity index (χ4n) is 11.7. The third-order valence-electron chi connectivity index (χ3n) is 15.4. The Kier molecular flexibility index (Phi) is 11.4. The number of pyridine rings is 1. The molecule has 1 aliphatic rings. The summed E-state index contributed by atoms with van der Waals surface area (Å²) in [5.41, 5.74) is 19.1. The van der Waals surface area contributed by atoms with Crippen LogP contribution >= 0.6 is 0 Å². The predicted octanol–water partition coefficient (Wildman–Crippen LogP) is 19.7. The first kappa shape index (κ1) is 46.9. The van der Waals surface area contributed by atoms with Crippen molar-refractivity contribution in [2.45, 2.75) is 65.7 Å². The molecule has 1 aliphatic heterocycles. The van der Waals surface area contributed by atoms with E-state index in [1.807, 2.05) is 12.3 Å². The lowest BCUT2D eigenvalue weighted by atomic mass is 9.85. The number of fused-ring (bicyclic) bond motifs is 8. The number of para-hydroxylation sites is 4. The van der Waals surface area contributed by atoms with E-state index in [-0.39, 0.29) is 5.41 Å². The van der Waals surface area contributed by atoms with Crippen LogP contribution in [0.25, 0.3) is 82.9 Å². The third-order valence-corrected chi connectivity index (χ3v) is 15.4. The van der Waals surface area contributed by atoms with E-state index in [9.17, 15) is 0 Å². The van der Waals surface area contributed by atoms with Crippen LogP contribution in [-0.4, -0.2) is 16.2 Å². The van der Waals surface area contributed by atoms with Crippen molar-refractivity contribution in [1.82, 2.24) is 9.55 Å². The minimum absolute atomic E-state index is 0.0780. The van der Waals surface area contributed by atoms with E-state index in [1.54, 1.807) is 0 Å². The lowest BCUT2D eigenvalue weighted by Gasteiger charge is -2.28. The minimum atomic E-state index is -0.0780. The number of hydrogen-bond acceptors (Lipinski definition) is 5. The highest BCUT2D eigenvalue weighted by atomic mass is 16.5. The Labute approximate surface area is 445 Å². The average Bonchev–Trinajstić information content (AvgIpc) is 4.27. The van der Waals surface area contributed by atoms with Gasteiger partial charge in [0.25, 0.3) is 0 Å². The maximum Gasteiger partial charge on any atom is 0.145 e. The molecule has 3 aromatic heterocycles. The first-order chi connectivity index (χ1) is 37.0. The molecule has 0 N–H and O–H groups in total. The topological polar surface area (TPSA) is 46.7 Å². The van der Waals surface area contributed by atoms with Crippen molar-refractivity contribution in [3.8, 4) is 50.7 Å². The molecule has 13 rings (SSSR count). The van der Waals surface area contributed by atoms with Gasteiger partial charge in [-0.1, -0.05) is 176 Å². The highest BCUT2D eigenvalue weighted by Crippen LogP contribution is 2.52. The molecule has 0 fully saturated rings. The highest BCUT2D eigenvalue weighted by Gasteiger charge is 2.32. The maximum atomic E-state index is 7.31. The summed E-state index contributed by atoms with van der Waals surface area (Å²) in [7, 11) is 0. The molecule has 372 valence electrons. The summed E-state index contributed by atoms with van der Waals surface area (Å²) in [4.78, 5) is 10.0. The van der Waals surface area contributed by atoms with Crippen molar-refractivity contribution >= 4 is 66.5 Å². The summed E-state index contributed by atoms with van der Waals surface area (Å²) in [5, 5.41) is 4.31. The zero-order valence-electron chi connectivity index (χ0n) is 44.2. The molecule has 0 bridgehead atoms. The molecule has 9 aromatic carbocycles. The number of anilines is 4. The molecule has 0 saturated carbocycles. The van der Waals surface area contributed by atoms with Gasteiger partial charge in [-0.3, -0.25) is 4.57 Å². The summed E-state index contributed by atoms with van der Waals surface area (Å²) in [6.45, 7) is 16.5. The molecule has 0 aliphatic carbocycles. The standard InChI is InChI=1S/C70H60N4O2/c1-44(2)53-25-18-26-54(45(3)4)66(53)48-38-50(72-43-73(61-30-16-15-29-60(61)72)68-55(46-20-10-8-11-21-46)27-19-28-56(68)47-22-12-9-13-23-47)41-52(39-48)75-51-32-33-59-63(42-51)74(65-40-49(36-37-71-65)70(5,6)7)62-35-34-58-57-24-14-17-31-64(57)76-69(58)67(59)62/h8-42,44-45H,43H2,1-7H3. The van der Waals surface area contributed by atoms with Gasteiger partial charge in [0.15, 0.2) is 0 Å². The van der Waals surface area contributed by atoms with Gasteiger partial charge < -0.3 is 19.0 Å². The van der Waals surface area contributed by atoms with Crippen LogP contribution in [0.5, 0.6) is 11.5 Å². The number of hydrogen-bond donors (Lipinski definition) is 0. The number of ether oxygens (including phenoxy) is 1. The smallest absolute Gasteiger partial charge is 0.145 e. The predicted molar refractivity (Wildman–Crippen MR) is 318 cm³/mol. The zero-order chi connectivity index (χ0) is 51.8. The summed E-state index contributed by atoms with van der Waals surface area (Å²) in [6.07, 6.45) is 1.93. The lowest BCUT2D eigenvalue weighted by Crippen LogP contribution is -2.25. The molecule has 6 nitrogen and oxygen atoms in total. The molecule has 76 heavy (non-hydrogen) atoms. The van der Waals surface area contributed by atoms with E-state index in [4.69, 9.17) is 14.1 Å². The van der Waals surface area contributed by atoms with Crippen molar-refractivity contribution in [1.29, 1.82) is 0 Å². The SMILES string of the molecule is CC(C)c1cccc(C(C)C)c1-c1cc(Oc2ccc3c4c5oc6ccccc6c5ccc4n(-c4cc(C(C)(C)C)ccn4)c3c2)cc(N2CN(c3c(-c4ccccc4)cccc3-c3ccccc3)c3ccccc32)c1. The van der Waals surface area contributed by atoms with Gasteiger partial charge in [-0.15, -0.1) is 0 Å². The van der Waals surface area contributed by atoms with E-state index < -0.39 is 0 Å². The number of benzene rings is 9. The Morgan fingerprint density at radius 2 is 1.14 bits per heavy atom. The molecular formula is C70H60N4O2. The first-order valence-electron chi connectivity index (χ1n) is 26.7. The summed E-state index contributed by atoms with van der Waals surface area (Å²) in [6, 6.07) is 74.3. The van der Waals surface area contributed by atoms with Crippen LogP contribution in [-0.2, 0) is 5.41 Å². The fraction of sp³-hybridized carbons (Fsp3) is 0.157. The Hall–Kier alpha value is -8.87. The van der Waals surface area contributed by atoms with Crippen LogP contribution in [0.3, 0.4) is 0 Å². The summed E-state index contributed by atoms with van der Waals surface area (Å²) >= 11 is 0. The number of aromatic nitrogens is 2. The summed E-state index contributed by atoms with van der Waals surface area (Å²) < 4.78 is 16.3. The van der Waals surface area contributed by atoms with Crippen molar-refractivity contribution < 1.29 is 9.15 Å². The van der Waals surface area contributed by atoms with Gasteiger partial charge in [0.2, 0.25) is 0 Å². The number of furan rings is 1. The Bertz CT molecular complexity index is 4090. The molecule has 0 saturated heterocycles. The molecule has 0 unspecified atom stereocenters. The Morgan fingerprint density at radius 3 is 1.83 bits per heavy atom. The molecule has 0 spiro atoms.